The molecule has 172 valence electrons. The van der Waals surface area contributed by atoms with Gasteiger partial charge in [-0.25, -0.2) is 4.79 Å². The molecule has 0 heterocycles. The second-order valence-corrected chi connectivity index (χ2v) is 8.54. The van der Waals surface area contributed by atoms with Gasteiger partial charge in [-0.3, -0.25) is 14.8 Å². The molecule has 3 aromatic carbocycles. The lowest BCUT2D eigenvalue weighted by molar-refractivity contribution is 0.0697. The first-order valence-corrected chi connectivity index (χ1v) is 11.3. The molecule has 9 nitrogen and oxygen atoms in total. The van der Waals surface area contributed by atoms with E-state index >= 15 is 0 Å². The standard InChI is InChI=1S/C22H19N3O3.CH4O3S/c1-13-6-11-17(16-4-2-3-5-18(16)22(27)28)19(12-13)21(26)25-15-9-7-14(8-10-15)20(23)24;1-5(2,3)4/h2-12H,1H3,(H3,23,24)(H,25,26)(H,27,28);1H3,(H,2,3,4). The maximum absolute atomic E-state index is 12.9. The SMILES string of the molecule is CS(=O)(=O)O.Cc1ccc(-c2ccccc2C(=O)O)c(C(=O)Nc2ccc(C(=N)N)cc2)c1. The van der Waals surface area contributed by atoms with Gasteiger partial charge >= 0.3 is 5.97 Å². The second-order valence-electron chi connectivity index (χ2n) is 7.08. The molecule has 1 amide bonds. The van der Waals surface area contributed by atoms with Gasteiger partial charge in [0, 0.05) is 16.8 Å². The minimum absolute atomic E-state index is 0.0517. The molecular weight excluding hydrogens is 446 g/mol. The molecule has 3 rings (SSSR count). The zero-order valence-electron chi connectivity index (χ0n) is 17.9. The molecule has 0 aliphatic heterocycles. The van der Waals surface area contributed by atoms with Crippen LogP contribution in [0.3, 0.4) is 0 Å². The fraction of sp³-hybridized carbons (Fsp3) is 0.0870. The molecular formula is C23H23N3O6S. The largest absolute Gasteiger partial charge is 0.478 e. The predicted octanol–water partition coefficient (Wildman–Crippen LogP) is 3.40. The number of benzene rings is 3. The summed E-state index contributed by atoms with van der Waals surface area (Å²) in [4.78, 5) is 24.5. The molecule has 0 aliphatic rings. The second kappa shape index (κ2) is 10.5. The van der Waals surface area contributed by atoms with Gasteiger partial charge in [-0.15, -0.1) is 0 Å². The smallest absolute Gasteiger partial charge is 0.336 e. The Labute approximate surface area is 191 Å². The van der Waals surface area contributed by atoms with Crippen LogP contribution < -0.4 is 11.1 Å². The van der Waals surface area contributed by atoms with E-state index in [2.05, 4.69) is 5.32 Å². The van der Waals surface area contributed by atoms with E-state index in [0.717, 1.165) is 5.56 Å². The van der Waals surface area contributed by atoms with Crippen LogP contribution in [0.15, 0.2) is 66.7 Å². The van der Waals surface area contributed by atoms with Crippen molar-refractivity contribution in [2.45, 2.75) is 6.92 Å². The molecule has 0 fully saturated rings. The molecule has 0 unspecified atom stereocenters. The number of carboxylic acids is 1. The minimum Gasteiger partial charge on any atom is -0.478 e. The minimum atomic E-state index is -3.67. The van der Waals surface area contributed by atoms with E-state index in [4.69, 9.17) is 15.7 Å². The lowest BCUT2D eigenvalue weighted by Gasteiger charge is -2.13. The fourth-order valence-corrected chi connectivity index (χ4v) is 2.92. The van der Waals surface area contributed by atoms with Gasteiger partial charge in [0.15, 0.2) is 0 Å². The van der Waals surface area contributed by atoms with Crippen LogP contribution in [0.2, 0.25) is 0 Å². The fourth-order valence-electron chi connectivity index (χ4n) is 2.92. The summed E-state index contributed by atoms with van der Waals surface area (Å²) in [6.07, 6.45) is 0.715. The molecule has 0 radical (unpaired) electrons. The van der Waals surface area contributed by atoms with E-state index in [0.29, 0.717) is 34.2 Å². The number of nitrogen functional groups attached to an aromatic ring is 1. The molecule has 33 heavy (non-hydrogen) atoms. The summed E-state index contributed by atoms with van der Waals surface area (Å²) in [5.74, 6) is -1.46. The first-order valence-electron chi connectivity index (χ1n) is 9.48. The zero-order chi connectivity index (χ0) is 24.8. The van der Waals surface area contributed by atoms with Crippen molar-refractivity contribution < 1.29 is 27.7 Å². The Hall–Kier alpha value is -4.02. The van der Waals surface area contributed by atoms with Crippen LogP contribution in [0.1, 0.15) is 31.8 Å². The number of amides is 1. The van der Waals surface area contributed by atoms with E-state index in [9.17, 15) is 23.1 Å². The Morgan fingerprint density at radius 2 is 1.48 bits per heavy atom. The zero-order valence-corrected chi connectivity index (χ0v) is 18.7. The summed E-state index contributed by atoms with van der Waals surface area (Å²) in [5.41, 5.74) is 8.97. The maximum atomic E-state index is 12.9. The van der Waals surface area contributed by atoms with Crippen LogP contribution >= 0.6 is 0 Å². The van der Waals surface area contributed by atoms with Crippen LogP contribution in [0.5, 0.6) is 0 Å². The number of aromatic carboxylic acids is 1. The Morgan fingerprint density at radius 1 is 0.939 bits per heavy atom. The molecule has 6 N–H and O–H groups in total. The number of aryl methyl sites for hydroxylation is 1. The van der Waals surface area contributed by atoms with Crippen molar-refractivity contribution in [3.05, 3.63) is 89.0 Å². The van der Waals surface area contributed by atoms with Crippen LogP contribution in [-0.2, 0) is 10.1 Å². The number of hydrogen-bond donors (Lipinski definition) is 5. The number of amidine groups is 1. The van der Waals surface area contributed by atoms with Gasteiger partial charge in [-0.05, 0) is 54.4 Å². The van der Waals surface area contributed by atoms with Crippen molar-refractivity contribution in [1.29, 1.82) is 5.41 Å². The summed E-state index contributed by atoms with van der Waals surface area (Å²) in [6.45, 7) is 1.87. The van der Waals surface area contributed by atoms with Crippen LogP contribution in [0, 0.1) is 12.3 Å². The highest BCUT2D eigenvalue weighted by Crippen LogP contribution is 2.29. The predicted molar refractivity (Wildman–Crippen MR) is 126 cm³/mol. The Kier molecular flexibility index (Phi) is 8.05. The highest BCUT2D eigenvalue weighted by molar-refractivity contribution is 7.85. The lowest BCUT2D eigenvalue weighted by Crippen LogP contribution is -2.15. The van der Waals surface area contributed by atoms with E-state index in [1.807, 2.05) is 13.0 Å². The number of anilines is 1. The number of hydrogen-bond acceptors (Lipinski definition) is 5. The van der Waals surface area contributed by atoms with E-state index in [-0.39, 0.29) is 17.3 Å². The van der Waals surface area contributed by atoms with E-state index < -0.39 is 16.1 Å². The van der Waals surface area contributed by atoms with Crippen molar-refractivity contribution in [3.8, 4) is 11.1 Å². The Balaban J connectivity index is 0.000000696. The summed E-state index contributed by atoms with van der Waals surface area (Å²) >= 11 is 0. The van der Waals surface area contributed by atoms with Gasteiger partial charge in [0.05, 0.1) is 11.8 Å². The number of carboxylic acid groups (broad SMARTS) is 1. The summed E-state index contributed by atoms with van der Waals surface area (Å²) in [7, 11) is -3.67. The van der Waals surface area contributed by atoms with Gasteiger partial charge in [-0.2, -0.15) is 8.42 Å². The topological polar surface area (TPSA) is 171 Å². The normalized spacial score (nSPS) is 10.5. The van der Waals surface area contributed by atoms with Gasteiger partial charge in [-0.1, -0.05) is 35.9 Å². The number of nitrogens with two attached hydrogens (primary N) is 1. The van der Waals surface area contributed by atoms with Gasteiger partial charge in [0.25, 0.3) is 16.0 Å². The highest BCUT2D eigenvalue weighted by atomic mass is 32.2. The number of rotatable bonds is 5. The van der Waals surface area contributed by atoms with Crippen molar-refractivity contribution in [3.63, 3.8) is 0 Å². The molecule has 10 heteroatoms. The molecule has 0 atom stereocenters. The van der Waals surface area contributed by atoms with Crippen molar-refractivity contribution in [2.75, 3.05) is 11.6 Å². The van der Waals surface area contributed by atoms with Gasteiger partial charge < -0.3 is 16.2 Å². The van der Waals surface area contributed by atoms with E-state index in [1.54, 1.807) is 54.6 Å². The average molecular weight is 470 g/mol. The monoisotopic (exact) mass is 469 g/mol. The quantitative estimate of drug-likeness (QED) is 0.216. The summed E-state index contributed by atoms with van der Waals surface area (Å²) < 4.78 is 25.9. The first kappa shape index (κ1) is 25.2. The van der Waals surface area contributed by atoms with Crippen molar-refractivity contribution in [1.82, 2.24) is 0 Å². The molecule has 0 spiro atoms. The first-order chi connectivity index (χ1) is 15.4. The molecule has 0 bridgehead atoms. The number of carbonyl (C=O) groups is 2. The highest BCUT2D eigenvalue weighted by Gasteiger charge is 2.18. The molecule has 0 saturated heterocycles. The van der Waals surface area contributed by atoms with Gasteiger partial charge in [0.1, 0.15) is 5.84 Å². The van der Waals surface area contributed by atoms with Crippen molar-refractivity contribution >= 4 is 33.5 Å². The number of nitrogens with one attached hydrogen (secondary N) is 2. The Morgan fingerprint density at radius 3 is 2.03 bits per heavy atom. The van der Waals surface area contributed by atoms with Crippen molar-refractivity contribution in [2.24, 2.45) is 5.73 Å². The third kappa shape index (κ3) is 7.56. The third-order valence-electron chi connectivity index (χ3n) is 4.32. The average Bonchev–Trinajstić information content (AvgIpc) is 2.73. The lowest BCUT2D eigenvalue weighted by atomic mass is 9.93. The summed E-state index contributed by atoms with van der Waals surface area (Å²) in [5, 5.41) is 19.7. The maximum Gasteiger partial charge on any atom is 0.336 e. The van der Waals surface area contributed by atoms with Crippen LogP contribution in [0.25, 0.3) is 11.1 Å². The summed E-state index contributed by atoms with van der Waals surface area (Å²) in [6, 6.07) is 18.5. The van der Waals surface area contributed by atoms with Crippen LogP contribution in [0.4, 0.5) is 5.69 Å². The van der Waals surface area contributed by atoms with E-state index in [1.165, 1.54) is 6.07 Å². The third-order valence-corrected chi connectivity index (χ3v) is 4.32. The molecule has 0 aromatic heterocycles. The Bertz CT molecular complexity index is 1290. The van der Waals surface area contributed by atoms with Crippen LogP contribution in [-0.4, -0.2) is 42.0 Å². The number of carbonyl (C=O) groups excluding carboxylic acids is 1. The molecule has 0 saturated carbocycles. The van der Waals surface area contributed by atoms with Gasteiger partial charge in [0.2, 0.25) is 0 Å². The molecule has 0 aliphatic carbocycles. The molecule has 3 aromatic rings.